The Morgan fingerprint density at radius 2 is 1.78 bits per heavy atom. The molecule has 0 unspecified atom stereocenters. The van der Waals surface area contributed by atoms with Gasteiger partial charge in [0.1, 0.15) is 17.4 Å². The number of para-hydroxylation sites is 1. The molecule has 1 aromatic heterocycles. The lowest BCUT2D eigenvalue weighted by Gasteiger charge is -2.06. The molecule has 180 valence electrons. The second-order valence-corrected chi connectivity index (χ2v) is 8.37. The summed E-state index contributed by atoms with van der Waals surface area (Å²) in [6.45, 7) is 2.16. The van der Waals surface area contributed by atoms with Crippen LogP contribution in [0.15, 0.2) is 90.6 Å². The number of aryl methyl sites for hydroxylation is 1. The molecule has 0 spiro atoms. The molecular weight excluding hydrogens is 448 g/mol. The van der Waals surface area contributed by atoms with Gasteiger partial charge in [-0.05, 0) is 73.0 Å². The third-order valence-electron chi connectivity index (χ3n) is 5.82. The highest BCUT2D eigenvalue weighted by atomic mass is 16.5. The third-order valence-corrected chi connectivity index (χ3v) is 5.82. The van der Waals surface area contributed by atoms with Crippen molar-refractivity contribution in [2.75, 3.05) is 12.4 Å². The van der Waals surface area contributed by atoms with Crippen LogP contribution in [-0.4, -0.2) is 22.8 Å². The minimum atomic E-state index is -0.466. The minimum Gasteiger partial charge on any atom is -0.497 e. The van der Waals surface area contributed by atoms with Crippen molar-refractivity contribution in [3.05, 3.63) is 102 Å². The monoisotopic (exact) mass is 476 g/mol. The first kappa shape index (κ1) is 24.5. The van der Waals surface area contributed by atoms with Crippen LogP contribution < -0.4 is 10.1 Å². The summed E-state index contributed by atoms with van der Waals surface area (Å²) < 4.78 is 7.02. The predicted octanol–water partition coefficient (Wildman–Crippen LogP) is 6.44. The van der Waals surface area contributed by atoms with Crippen LogP contribution in [0.1, 0.15) is 30.9 Å². The molecule has 0 saturated carbocycles. The highest BCUT2D eigenvalue weighted by molar-refractivity contribution is 6.10. The van der Waals surface area contributed by atoms with Gasteiger partial charge in [0.2, 0.25) is 0 Å². The van der Waals surface area contributed by atoms with E-state index in [1.165, 1.54) is 5.56 Å². The molecule has 6 nitrogen and oxygen atoms in total. The molecule has 6 heteroatoms. The van der Waals surface area contributed by atoms with E-state index in [2.05, 4.69) is 12.2 Å². The first-order chi connectivity index (χ1) is 17.6. The van der Waals surface area contributed by atoms with Crippen LogP contribution in [0.2, 0.25) is 0 Å². The molecule has 0 radical (unpaired) electrons. The highest BCUT2D eigenvalue weighted by Gasteiger charge is 2.15. The zero-order chi connectivity index (χ0) is 25.3. The number of methoxy groups -OCH3 is 1. The number of carbonyl (C=O) groups excluding carboxylic acids is 1. The smallest absolute Gasteiger partial charge is 0.266 e. The lowest BCUT2D eigenvalue weighted by molar-refractivity contribution is -0.112. The van der Waals surface area contributed by atoms with Gasteiger partial charge in [0, 0.05) is 23.0 Å². The van der Waals surface area contributed by atoms with Crippen molar-refractivity contribution in [2.24, 2.45) is 0 Å². The van der Waals surface area contributed by atoms with E-state index in [4.69, 9.17) is 9.84 Å². The van der Waals surface area contributed by atoms with Crippen LogP contribution in [-0.2, 0) is 11.2 Å². The molecule has 0 aliphatic heterocycles. The molecule has 4 aromatic rings. The number of nitrogens with zero attached hydrogens (tertiary/aromatic N) is 3. The molecule has 1 N–H and O–H groups in total. The molecule has 0 aliphatic rings. The fourth-order valence-electron chi connectivity index (χ4n) is 3.82. The van der Waals surface area contributed by atoms with Crippen LogP contribution >= 0.6 is 0 Å². The van der Waals surface area contributed by atoms with Gasteiger partial charge in [-0.2, -0.15) is 10.4 Å². The molecule has 3 aromatic carbocycles. The molecular formula is C30H28N4O2. The van der Waals surface area contributed by atoms with Crippen molar-refractivity contribution in [3.63, 3.8) is 0 Å². The summed E-state index contributed by atoms with van der Waals surface area (Å²) in [6, 6.07) is 27.0. The van der Waals surface area contributed by atoms with E-state index >= 15 is 0 Å². The number of anilines is 1. The lowest BCUT2D eigenvalue weighted by atomic mass is 10.1. The van der Waals surface area contributed by atoms with Crippen molar-refractivity contribution >= 4 is 17.7 Å². The van der Waals surface area contributed by atoms with Gasteiger partial charge >= 0.3 is 0 Å². The topological polar surface area (TPSA) is 79.9 Å². The number of hydrogen-bond donors (Lipinski definition) is 1. The van der Waals surface area contributed by atoms with Gasteiger partial charge < -0.3 is 10.1 Å². The molecule has 36 heavy (non-hydrogen) atoms. The fraction of sp³-hybridized carbons (Fsp3) is 0.167. The van der Waals surface area contributed by atoms with Gasteiger partial charge in [0.25, 0.3) is 5.91 Å². The molecule has 0 fully saturated rings. The van der Waals surface area contributed by atoms with E-state index in [1.54, 1.807) is 17.9 Å². The van der Waals surface area contributed by atoms with Crippen LogP contribution in [0.3, 0.4) is 0 Å². The number of nitriles is 1. The number of benzene rings is 3. The Kier molecular flexibility index (Phi) is 7.94. The van der Waals surface area contributed by atoms with Crippen LogP contribution in [0.5, 0.6) is 5.75 Å². The van der Waals surface area contributed by atoms with Gasteiger partial charge in [-0.1, -0.05) is 43.7 Å². The summed E-state index contributed by atoms with van der Waals surface area (Å²) in [4.78, 5) is 13.0. The first-order valence-corrected chi connectivity index (χ1v) is 11.9. The Morgan fingerprint density at radius 1 is 1.06 bits per heavy atom. The van der Waals surface area contributed by atoms with Crippen molar-refractivity contribution in [3.8, 4) is 28.8 Å². The van der Waals surface area contributed by atoms with Crippen molar-refractivity contribution in [1.29, 1.82) is 5.26 Å². The molecule has 0 atom stereocenters. The van der Waals surface area contributed by atoms with Crippen LogP contribution in [0.4, 0.5) is 5.69 Å². The second kappa shape index (κ2) is 11.7. The first-order valence-electron chi connectivity index (χ1n) is 11.9. The Bertz CT molecular complexity index is 1380. The lowest BCUT2D eigenvalue weighted by Crippen LogP contribution is -2.13. The van der Waals surface area contributed by atoms with E-state index in [0.717, 1.165) is 36.3 Å². The van der Waals surface area contributed by atoms with Gasteiger partial charge in [0.05, 0.1) is 18.5 Å². The molecule has 0 saturated heterocycles. The van der Waals surface area contributed by atoms with Gasteiger partial charge in [-0.25, -0.2) is 4.68 Å². The molecule has 0 bridgehead atoms. The fourth-order valence-corrected chi connectivity index (χ4v) is 3.82. The van der Waals surface area contributed by atoms with E-state index < -0.39 is 5.91 Å². The van der Waals surface area contributed by atoms with Gasteiger partial charge in [0.15, 0.2) is 0 Å². The van der Waals surface area contributed by atoms with Crippen LogP contribution in [0, 0.1) is 11.3 Å². The molecule has 4 rings (SSSR count). The Labute approximate surface area is 211 Å². The zero-order valence-electron chi connectivity index (χ0n) is 20.4. The SMILES string of the molecule is CCCCc1ccc(NC(=O)C(C#N)=Cc2cn(-c3ccccc3)nc2-c2ccc(OC)cc2)cc1. The number of ether oxygens (including phenoxy) is 1. The van der Waals surface area contributed by atoms with E-state index in [0.29, 0.717) is 16.9 Å². The second-order valence-electron chi connectivity index (χ2n) is 8.37. The average Bonchev–Trinajstić information content (AvgIpc) is 3.35. The number of rotatable bonds is 9. The minimum absolute atomic E-state index is 0.00701. The number of unbranched alkanes of at least 4 members (excludes halogenated alkanes) is 1. The summed E-state index contributed by atoms with van der Waals surface area (Å²) in [5.74, 6) is 0.267. The average molecular weight is 477 g/mol. The highest BCUT2D eigenvalue weighted by Crippen LogP contribution is 2.27. The molecule has 0 aliphatic carbocycles. The number of carbonyl (C=O) groups is 1. The summed E-state index contributed by atoms with van der Waals surface area (Å²) in [5, 5.41) is 17.4. The molecule has 1 amide bonds. The number of nitrogens with one attached hydrogen (secondary N) is 1. The standard InChI is InChI=1S/C30H28N4O2/c1-3-4-8-22-11-15-26(16-12-22)32-30(35)24(20-31)19-25-21-34(27-9-6-5-7-10-27)33-29(25)23-13-17-28(36-2)18-14-23/h5-7,9-19,21H,3-4,8H2,1-2H3,(H,32,35). The van der Waals surface area contributed by atoms with E-state index in [9.17, 15) is 10.1 Å². The maximum absolute atomic E-state index is 13.0. The van der Waals surface area contributed by atoms with Gasteiger partial charge in [-0.15, -0.1) is 0 Å². The van der Waals surface area contributed by atoms with Crippen molar-refractivity contribution in [1.82, 2.24) is 9.78 Å². The summed E-state index contributed by atoms with van der Waals surface area (Å²) >= 11 is 0. The number of aromatic nitrogens is 2. The number of hydrogen-bond acceptors (Lipinski definition) is 4. The zero-order valence-corrected chi connectivity index (χ0v) is 20.4. The van der Waals surface area contributed by atoms with E-state index in [1.807, 2.05) is 91.1 Å². The Hall–Kier alpha value is -4.63. The summed E-state index contributed by atoms with van der Waals surface area (Å²) in [5.41, 5.74) is 4.90. The van der Waals surface area contributed by atoms with Crippen molar-refractivity contribution in [2.45, 2.75) is 26.2 Å². The predicted molar refractivity (Wildman–Crippen MR) is 143 cm³/mol. The maximum atomic E-state index is 13.0. The summed E-state index contributed by atoms with van der Waals surface area (Å²) in [6.07, 6.45) is 6.67. The Balaban J connectivity index is 1.65. The van der Waals surface area contributed by atoms with Crippen LogP contribution in [0.25, 0.3) is 23.0 Å². The third kappa shape index (κ3) is 5.89. The maximum Gasteiger partial charge on any atom is 0.266 e. The van der Waals surface area contributed by atoms with E-state index in [-0.39, 0.29) is 5.57 Å². The Morgan fingerprint density at radius 3 is 2.42 bits per heavy atom. The molecule has 1 heterocycles. The van der Waals surface area contributed by atoms with Crippen molar-refractivity contribution < 1.29 is 9.53 Å². The normalized spacial score (nSPS) is 11.1. The quantitative estimate of drug-likeness (QED) is 0.223. The van der Waals surface area contributed by atoms with Gasteiger partial charge in [-0.3, -0.25) is 4.79 Å². The number of amides is 1. The largest absolute Gasteiger partial charge is 0.497 e. The summed E-state index contributed by atoms with van der Waals surface area (Å²) in [7, 11) is 1.61.